The first-order valence-electron chi connectivity index (χ1n) is 9.32. The second-order valence-electron chi connectivity index (χ2n) is 7.71. The molecule has 126 valence electrons. The second-order valence-corrected chi connectivity index (χ2v) is 9.10. The minimum atomic E-state index is -0.0278. The highest BCUT2D eigenvalue weighted by Gasteiger charge is 2.30. The lowest BCUT2D eigenvalue weighted by molar-refractivity contribution is 0.0107. The summed E-state index contributed by atoms with van der Waals surface area (Å²) in [7, 11) is 0. The van der Waals surface area contributed by atoms with Crippen molar-refractivity contribution in [2.24, 2.45) is 23.7 Å². The van der Waals surface area contributed by atoms with Gasteiger partial charge in [0.2, 0.25) is 0 Å². The van der Waals surface area contributed by atoms with Crippen molar-refractivity contribution in [3.63, 3.8) is 0 Å². The topological polar surface area (TPSA) is 29.5 Å². The van der Waals surface area contributed by atoms with Crippen LogP contribution < -0.4 is 0 Å². The molecule has 2 atom stereocenters. The number of aliphatic hydroxyl groups excluding tert-OH is 1. The van der Waals surface area contributed by atoms with Gasteiger partial charge in [-0.3, -0.25) is 0 Å². The summed E-state index contributed by atoms with van der Waals surface area (Å²) < 4.78 is 6.32. The molecule has 0 radical (unpaired) electrons. The lowest BCUT2D eigenvalue weighted by Crippen LogP contribution is -2.30. The fourth-order valence-electron chi connectivity index (χ4n) is 4.53. The second kappa shape index (κ2) is 8.48. The Balaban J connectivity index is 1.38. The van der Waals surface area contributed by atoms with Crippen molar-refractivity contribution in [1.82, 2.24) is 0 Å². The quantitative estimate of drug-likeness (QED) is 0.393. The van der Waals surface area contributed by atoms with Gasteiger partial charge in [0.25, 0.3) is 0 Å². The number of aliphatic hydroxyl groups is 1. The highest BCUT2D eigenvalue weighted by atomic mass is 127. The zero-order valence-electron chi connectivity index (χ0n) is 13.6. The van der Waals surface area contributed by atoms with Crippen molar-refractivity contribution in [2.75, 3.05) is 6.61 Å². The van der Waals surface area contributed by atoms with Gasteiger partial charge in [-0.05, 0) is 87.9 Å². The van der Waals surface area contributed by atoms with Crippen LogP contribution in [0.25, 0.3) is 0 Å². The van der Waals surface area contributed by atoms with Crippen LogP contribution in [0.1, 0.15) is 64.2 Å². The number of hydrogen-bond donors (Lipinski definition) is 1. The normalized spacial score (nSPS) is 44.3. The number of hydrogen-bond acceptors (Lipinski definition) is 2. The molecule has 3 rings (SSSR count). The van der Waals surface area contributed by atoms with Gasteiger partial charge in [-0.15, -0.1) is 0 Å². The fraction of sp³-hybridized carbons (Fsp3) is 0.895. The third-order valence-corrected chi connectivity index (χ3v) is 7.12. The predicted molar refractivity (Wildman–Crippen MR) is 99.0 cm³/mol. The molecule has 0 bridgehead atoms. The molecule has 22 heavy (non-hydrogen) atoms. The monoisotopic (exact) mass is 418 g/mol. The van der Waals surface area contributed by atoms with Gasteiger partial charge in [0.05, 0.1) is 12.7 Å². The summed E-state index contributed by atoms with van der Waals surface area (Å²) >= 11 is 2.43. The van der Waals surface area contributed by atoms with Crippen LogP contribution in [0.2, 0.25) is 0 Å². The molecule has 3 aliphatic rings. The molecule has 2 nitrogen and oxygen atoms in total. The first kappa shape index (κ1) is 17.2. The van der Waals surface area contributed by atoms with E-state index < -0.39 is 0 Å². The van der Waals surface area contributed by atoms with Gasteiger partial charge in [0.15, 0.2) is 0 Å². The van der Waals surface area contributed by atoms with Crippen molar-refractivity contribution >= 4 is 22.6 Å². The van der Waals surface area contributed by atoms with Crippen LogP contribution in [-0.4, -0.2) is 21.9 Å². The summed E-state index contributed by atoms with van der Waals surface area (Å²) in [5.41, 5.74) is 0. The van der Waals surface area contributed by atoms with Gasteiger partial charge in [0, 0.05) is 0 Å². The van der Waals surface area contributed by atoms with E-state index in [1.54, 1.807) is 0 Å². The lowest BCUT2D eigenvalue weighted by Gasteiger charge is -2.36. The molecule has 0 aromatic carbocycles. The summed E-state index contributed by atoms with van der Waals surface area (Å²) in [5, 5.41) is 9.58. The maximum absolute atomic E-state index is 9.58. The fourth-order valence-corrected chi connectivity index (χ4v) is 5.10. The van der Waals surface area contributed by atoms with Crippen molar-refractivity contribution < 1.29 is 9.84 Å². The van der Waals surface area contributed by atoms with Crippen molar-refractivity contribution in [1.29, 1.82) is 0 Å². The summed E-state index contributed by atoms with van der Waals surface area (Å²) in [5.74, 6) is 3.28. The van der Waals surface area contributed by atoms with E-state index in [0.29, 0.717) is 4.11 Å². The first-order chi connectivity index (χ1) is 10.7. The Hall–Kier alpha value is 0.390. The minimum Gasteiger partial charge on any atom is -0.393 e. The Labute approximate surface area is 149 Å². The number of allylic oxidation sites excluding steroid dienone is 2. The van der Waals surface area contributed by atoms with E-state index in [4.69, 9.17) is 4.74 Å². The number of ether oxygens (including phenoxy) is 1. The molecule has 3 heteroatoms. The third-order valence-electron chi connectivity index (χ3n) is 6.14. The van der Waals surface area contributed by atoms with Crippen molar-refractivity contribution in [2.45, 2.75) is 74.4 Å². The van der Waals surface area contributed by atoms with E-state index in [2.05, 4.69) is 34.7 Å². The molecule has 1 N–H and O–H groups in total. The Kier molecular flexibility index (Phi) is 6.64. The average molecular weight is 418 g/mol. The van der Waals surface area contributed by atoms with Crippen LogP contribution in [0, 0.1) is 23.7 Å². The van der Waals surface area contributed by atoms with Crippen LogP contribution in [0.15, 0.2) is 12.2 Å². The maximum atomic E-state index is 9.58. The largest absolute Gasteiger partial charge is 0.393 e. The van der Waals surface area contributed by atoms with Gasteiger partial charge in [-0.1, -0.05) is 34.7 Å². The molecule has 2 aliphatic carbocycles. The van der Waals surface area contributed by atoms with Crippen molar-refractivity contribution in [3.05, 3.63) is 12.2 Å². The van der Waals surface area contributed by atoms with Gasteiger partial charge in [-0.25, -0.2) is 0 Å². The van der Waals surface area contributed by atoms with E-state index in [1.165, 1.54) is 51.4 Å². The molecule has 1 heterocycles. The van der Waals surface area contributed by atoms with Crippen LogP contribution in [0.4, 0.5) is 0 Å². The van der Waals surface area contributed by atoms with E-state index in [1.807, 2.05) is 0 Å². The molecule has 0 amide bonds. The molecular formula is C19H31IO2. The van der Waals surface area contributed by atoms with E-state index >= 15 is 0 Å². The molecular weight excluding hydrogens is 387 g/mol. The SMILES string of the molecule is OC1CCC(/C=C/C2CCC(C3CCC(I)OC3)CC2)CC1. The lowest BCUT2D eigenvalue weighted by atomic mass is 9.74. The van der Waals surface area contributed by atoms with Gasteiger partial charge in [-0.2, -0.15) is 0 Å². The molecule has 1 saturated heterocycles. The van der Waals surface area contributed by atoms with Gasteiger partial charge in [0.1, 0.15) is 4.11 Å². The van der Waals surface area contributed by atoms with Gasteiger partial charge < -0.3 is 9.84 Å². The molecule has 2 unspecified atom stereocenters. The number of rotatable bonds is 3. The van der Waals surface area contributed by atoms with E-state index in [9.17, 15) is 5.11 Å². The first-order valence-corrected chi connectivity index (χ1v) is 10.6. The number of alkyl halides is 1. The predicted octanol–water partition coefficient (Wildman–Crippen LogP) is 5.09. The average Bonchev–Trinajstić information content (AvgIpc) is 2.56. The van der Waals surface area contributed by atoms with Crippen LogP contribution in [0.5, 0.6) is 0 Å². The van der Waals surface area contributed by atoms with Crippen LogP contribution >= 0.6 is 22.6 Å². The highest BCUT2D eigenvalue weighted by molar-refractivity contribution is 14.1. The standard InChI is InChI=1S/C19H31IO2/c20-19-12-9-17(13-22-19)16-7-3-14(4-8-16)1-2-15-5-10-18(21)11-6-15/h1-2,14-19,21H,3-13H2/b2-1+. The molecule has 0 aromatic heterocycles. The van der Waals surface area contributed by atoms with Crippen molar-refractivity contribution in [3.8, 4) is 0 Å². The summed E-state index contributed by atoms with van der Waals surface area (Å²) in [6.07, 6.45) is 17.5. The van der Waals surface area contributed by atoms with E-state index in [0.717, 1.165) is 43.1 Å². The van der Waals surface area contributed by atoms with Crippen LogP contribution in [-0.2, 0) is 4.74 Å². The molecule has 0 aromatic rings. The van der Waals surface area contributed by atoms with E-state index in [-0.39, 0.29) is 6.10 Å². The molecule has 1 aliphatic heterocycles. The Bertz CT molecular complexity index is 346. The van der Waals surface area contributed by atoms with Gasteiger partial charge >= 0.3 is 0 Å². The zero-order chi connectivity index (χ0) is 15.4. The Morgan fingerprint density at radius 3 is 1.82 bits per heavy atom. The molecule has 0 spiro atoms. The number of halogens is 1. The summed E-state index contributed by atoms with van der Waals surface area (Å²) in [6.45, 7) is 1.00. The summed E-state index contributed by atoms with van der Waals surface area (Å²) in [6, 6.07) is 0. The minimum absolute atomic E-state index is 0.0278. The maximum Gasteiger partial charge on any atom is 0.108 e. The highest BCUT2D eigenvalue weighted by Crippen LogP contribution is 2.39. The summed E-state index contributed by atoms with van der Waals surface area (Å²) in [4.78, 5) is 0. The zero-order valence-corrected chi connectivity index (χ0v) is 15.8. The smallest absolute Gasteiger partial charge is 0.108 e. The Morgan fingerprint density at radius 1 is 0.727 bits per heavy atom. The van der Waals surface area contributed by atoms with Crippen LogP contribution in [0.3, 0.4) is 0 Å². The molecule has 2 saturated carbocycles. The third kappa shape index (κ3) is 4.94. The Morgan fingerprint density at radius 2 is 1.27 bits per heavy atom. The molecule has 3 fully saturated rings.